The van der Waals surface area contributed by atoms with Crippen molar-refractivity contribution in [3.63, 3.8) is 0 Å². The van der Waals surface area contributed by atoms with Crippen LogP contribution in [0.4, 0.5) is 5.69 Å². The van der Waals surface area contributed by atoms with Gasteiger partial charge in [-0.2, -0.15) is 5.10 Å². The smallest absolute Gasteiger partial charge is 0.322 e. The minimum absolute atomic E-state index is 0.00925. The number of aliphatic hydroxyl groups excluding tert-OH is 1. The zero-order valence-corrected chi connectivity index (χ0v) is 12.4. The highest BCUT2D eigenvalue weighted by molar-refractivity contribution is 5.97. The molecule has 1 aliphatic heterocycles. The molecule has 1 aliphatic rings. The van der Waals surface area contributed by atoms with Crippen LogP contribution in [-0.4, -0.2) is 49.3 Å². The van der Waals surface area contributed by atoms with Crippen molar-refractivity contribution in [2.75, 3.05) is 6.54 Å². The topological polar surface area (TPSA) is 102 Å². The molecule has 2 atom stereocenters. The second-order valence-corrected chi connectivity index (χ2v) is 5.54. The second-order valence-electron chi connectivity index (χ2n) is 5.54. The van der Waals surface area contributed by atoms with Gasteiger partial charge in [-0.25, -0.2) is 0 Å². The van der Waals surface area contributed by atoms with E-state index in [0.29, 0.717) is 13.0 Å². The summed E-state index contributed by atoms with van der Waals surface area (Å²) in [5, 5.41) is 24.7. The number of amides is 1. The van der Waals surface area contributed by atoms with E-state index in [1.54, 1.807) is 11.8 Å². The van der Waals surface area contributed by atoms with Gasteiger partial charge in [0.15, 0.2) is 0 Å². The molecule has 2 unspecified atom stereocenters. The quantitative estimate of drug-likeness (QED) is 0.660. The maximum atomic E-state index is 12.7. The van der Waals surface area contributed by atoms with Gasteiger partial charge in [0.25, 0.3) is 5.91 Å². The Bertz CT molecular complexity index is 567. The first-order valence-electron chi connectivity index (χ1n) is 7.00. The molecular formula is C13H20N4O4. The summed E-state index contributed by atoms with van der Waals surface area (Å²) in [6.45, 7) is 3.75. The molecule has 1 saturated heterocycles. The summed E-state index contributed by atoms with van der Waals surface area (Å²) < 4.78 is 1.27. The molecule has 0 spiro atoms. The van der Waals surface area contributed by atoms with Gasteiger partial charge in [-0.05, 0) is 33.1 Å². The lowest BCUT2D eigenvalue weighted by atomic mass is 10.1. The number of rotatable bonds is 4. The van der Waals surface area contributed by atoms with Gasteiger partial charge in [-0.15, -0.1) is 0 Å². The van der Waals surface area contributed by atoms with Crippen molar-refractivity contribution < 1.29 is 14.8 Å². The number of nitrogens with zero attached hydrogens (tertiary/aromatic N) is 4. The summed E-state index contributed by atoms with van der Waals surface area (Å²) in [4.78, 5) is 24.9. The van der Waals surface area contributed by atoms with E-state index in [1.807, 2.05) is 0 Å². The zero-order valence-electron chi connectivity index (χ0n) is 12.4. The normalized spacial score (nSPS) is 19.8. The molecule has 0 aromatic carbocycles. The summed E-state index contributed by atoms with van der Waals surface area (Å²) in [6.07, 6.45) is 1.62. The third kappa shape index (κ3) is 2.90. The Balaban J connectivity index is 2.34. The molecule has 116 valence electrons. The van der Waals surface area contributed by atoms with Crippen molar-refractivity contribution >= 4 is 11.6 Å². The maximum Gasteiger partial charge on any atom is 0.322 e. The van der Waals surface area contributed by atoms with Gasteiger partial charge in [0.1, 0.15) is 5.69 Å². The van der Waals surface area contributed by atoms with Crippen LogP contribution in [0, 0.1) is 17.0 Å². The van der Waals surface area contributed by atoms with Crippen LogP contribution in [0.1, 0.15) is 42.4 Å². The summed E-state index contributed by atoms with van der Waals surface area (Å²) in [5.74, 6) is -0.382. The number of aryl methyl sites for hydroxylation is 2. The second kappa shape index (κ2) is 5.80. The SMILES string of the molecule is Cc1nn(C)c(C(=O)N2CCCC2CC(C)O)c1[N+](=O)[O-]. The van der Waals surface area contributed by atoms with Crippen LogP contribution in [0.15, 0.2) is 0 Å². The van der Waals surface area contributed by atoms with E-state index in [1.165, 1.54) is 18.7 Å². The van der Waals surface area contributed by atoms with E-state index in [4.69, 9.17) is 0 Å². The molecular weight excluding hydrogens is 276 g/mol. The number of likely N-dealkylation sites (tertiary alicyclic amines) is 1. The molecule has 8 heteroatoms. The van der Waals surface area contributed by atoms with E-state index >= 15 is 0 Å². The average molecular weight is 296 g/mol. The molecule has 0 aliphatic carbocycles. The van der Waals surface area contributed by atoms with Crippen LogP contribution in [0.5, 0.6) is 0 Å². The summed E-state index contributed by atoms with van der Waals surface area (Å²) in [7, 11) is 1.53. The van der Waals surface area contributed by atoms with Gasteiger partial charge in [0, 0.05) is 19.6 Å². The molecule has 21 heavy (non-hydrogen) atoms. The molecule has 1 aromatic heterocycles. The number of carbonyl (C=O) groups is 1. The first-order chi connectivity index (χ1) is 9.82. The van der Waals surface area contributed by atoms with E-state index in [-0.39, 0.29) is 29.0 Å². The Hall–Kier alpha value is -1.96. The summed E-state index contributed by atoms with van der Waals surface area (Å²) in [6, 6.07) is -0.0766. The van der Waals surface area contributed by atoms with Crippen LogP contribution in [0.2, 0.25) is 0 Å². The number of hydrogen-bond donors (Lipinski definition) is 1. The highest BCUT2D eigenvalue weighted by atomic mass is 16.6. The fourth-order valence-electron chi connectivity index (χ4n) is 2.98. The predicted octanol–water partition coefficient (Wildman–Crippen LogP) is 1.01. The van der Waals surface area contributed by atoms with Gasteiger partial charge >= 0.3 is 5.69 Å². The molecule has 0 radical (unpaired) electrons. The fraction of sp³-hybridized carbons (Fsp3) is 0.692. The van der Waals surface area contributed by atoms with Crippen molar-refractivity contribution in [3.8, 4) is 0 Å². The molecule has 2 rings (SSSR count). The Kier molecular flexibility index (Phi) is 4.26. The maximum absolute atomic E-state index is 12.7. The van der Waals surface area contributed by atoms with Gasteiger partial charge in [-0.3, -0.25) is 19.6 Å². The van der Waals surface area contributed by atoms with Crippen LogP contribution in [0.25, 0.3) is 0 Å². The first-order valence-corrected chi connectivity index (χ1v) is 7.00. The lowest BCUT2D eigenvalue weighted by Gasteiger charge is -2.25. The Morgan fingerprint density at radius 1 is 1.62 bits per heavy atom. The van der Waals surface area contributed by atoms with Crippen molar-refractivity contribution in [2.24, 2.45) is 7.05 Å². The number of aromatic nitrogens is 2. The van der Waals surface area contributed by atoms with Gasteiger partial charge < -0.3 is 10.0 Å². The lowest BCUT2D eigenvalue weighted by molar-refractivity contribution is -0.385. The van der Waals surface area contributed by atoms with Gasteiger partial charge in [0.2, 0.25) is 5.69 Å². The Morgan fingerprint density at radius 2 is 2.29 bits per heavy atom. The fourth-order valence-corrected chi connectivity index (χ4v) is 2.98. The largest absolute Gasteiger partial charge is 0.393 e. The highest BCUT2D eigenvalue weighted by Gasteiger charge is 2.37. The predicted molar refractivity (Wildman–Crippen MR) is 75.0 cm³/mol. The van der Waals surface area contributed by atoms with Gasteiger partial charge in [-0.1, -0.05) is 0 Å². The molecule has 0 bridgehead atoms. The molecule has 0 saturated carbocycles. The third-order valence-corrected chi connectivity index (χ3v) is 3.83. The number of carbonyl (C=O) groups excluding carboxylic acids is 1. The van der Waals surface area contributed by atoms with E-state index in [9.17, 15) is 20.0 Å². The van der Waals surface area contributed by atoms with E-state index in [0.717, 1.165) is 12.8 Å². The van der Waals surface area contributed by atoms with Crippen molar-refractivity contribution in [2.45, 2.75) is 45.3 Å². The van der Waals surface area contributed by atoms with Crippen LogP contribution in [-0.2, 0) is 7.05 Å². The van der Waals surface area contributed by atoms with Crippen LogP contribution >= 0.6 is 0 Å². The summed E-state index contributed by atoms with van der Waals surface area (Å²) in [5.41, 5.74) is 0.0114. The molecule has 8 nitrogen and oxygen atoms in total. The average Bonchev–Trinajstić information content (AvgIpc) is 2.91. The lowest BCUT2D eigenvalue weighted by Crippen LogP contribution is -2.38. The molecule has 1 amide bonds. The van der Waals surface area contributed by atoms with Crippen molar-refractivity contribution in [1.29, 1.82) is 0 Å². The van der Waals surface area contributed by atoms with Crippen LogP contribution < -0.4 is 0 Å². The molecule has 2 heterocycles. The highest BCUT2D eigenvalue weighted by Crippen LogP contribution is 2.28. The van der Waals surface area contributed by atoms with Crippen LogP contribution in [0.3, 0.4) is 0 Å². The molecule has 1 N–H and O–H groups in total. The molecule has 1 aromatic rings. The number of hydrogen-bond acceptors (Lipinski definition) is 5. The number of nitro groups is 1. The van der Waals surface area contributed by atoms with Crippen molar-refractivity contribution in [3.05, 3.63) is 21.5 Å². The summed E-state index contributed by atoms with van der Waals surface area (Å²) >= 11 is 0. The monoisotopic (exact) mass is 296 g/mol. The van der Waals surface area contributed by atoms with E-state index in [2.05, 4.69) is 5.10 Å². The minimum atomic E-state index is -0.560. The standard InChI is InChI=1S/C13H20N4O4/c1-8(18)7-10-5-4-6-16(10)13(19)12-11(17(20)21)9(2)14-15(12)3/h8,10,18H,4-7H2,1-3H3. The number of aliphatic hydroxyl groups is 1. The van der Waals surface area contributed by atoms with Gasteiger partial charge in [0.05, 0.1) is 11.0 Å². The zero-order chi connectivity index (χ0) is 15.7. The first kappa shape index (κ1) is 15.4. The van der Waals surface area contributed by atoms with Crippen molar-refractivity contribution in [1.82, 2.24) is 14.7 Å². The van der Waals surface area contributed by atoms with E-state index < -0.39 is 11.0 Å². The Labute approximate surface area is 122 Å². The molecule has 1 fully saturated rings. The minimum Gasteiger partial charge on any atom is -0.393 e. The third-order valence-electron chi connectivity index (χ3n) is 3.83. The Morgan fingerprint density at radius 3 is 2.86 bits per heavy atom.